The van der Waals surface area contributed by atoms with Crippen LogP contribution in [0.15, 0.2) is 42.6 Å². The summed E-state index contributed by atoms with van der Waals surface area (Å²) in [7, 11) is 3.83. The van der Waals surface area contributed by atoms with E-state index in [4.69, 9.17) is 0 Å². The SMILES string of the molecule is CN(C)c1ccc(NC(=O)Cc2ccc(N3CCCC3=O)cc2)cn1. The average molecular weight is 338 g/mol. The number of carbonyl (C=O) groups is 2. The van der Waals surface area contributed by atoms with Crippen molar-refractivity contribution >= 4 is 29.0 Å². The van der Waals surface area contributed by atoms with Gasteiger partial charge in [0.25, 0.3) is 0 Å². The molecule has 1 aromatic carbocycles. The first-order chi connectivity index (χ1) is 12.0. The maximum absolute atomic E-state index is 12.2. The van der Waals surface area contributed by atoms with Crippen LogP contribution in [0.1, 0.15) is 18.4 Å². The van der Waals surface area contributed by atoms with E-state index in [-0.39, 0.29) is 18.2 Å². The van der Waals surface area contributed by atoms with Gasteiger partial charge in [0.15, 0.2) is 0 Å². The van der Waals surface area contributed by atoms with E-state index in [1.165, 1.54) is 0 Å². The predicted molar refractivity (Wildman–Crippen MR) is 98.9 cm³/mol. The monoisotopic (exact) mass is 338 g/mol. The number of amides is 2. The molecule has 130 valence electrons. The van der Waals surface area contributed by atoms with E-state index in [0.717, 1.165) is 30.0 Å². The second-order valence-electron chi connectivity index (χ2n) is 6.34. The van der Waals surface area contributed by atoms with Gasteiger partial charge in [-0.1, -0.05) is 12.1 Å². The first-order valence-electron chi connectivity index (χ1n) is 8.35. The number of anilines is 3. The van der Waals surface area contributed by atoms with Gasteiger partial charge in [-0.05, 0) is 36.2 Å². The van der Waals surface area contributed by atoms with Gasteiger partial charge in [-0.15, -0.1) is 0 Å². The summed E-state index contributed by atoms with van der Waals surface area (Å²) in [4.78, 5) is 31.9. The van der Waals surface area contributed by atoms with Gasteiger partial charge in [0.05, 0.1) is 18.3 Å². The van der Waals surface area contributed by atoms with Gasteiger partial charge in [0.1, 0.15) is 5.82 Å². The molecule has 1 N–H and O–H groups in total. The van der Waals surface area contributed by atoms with Crippen LogP contribution in [0, 0.1) is 0 Å². The molecule has 2 heterocycles. The highest BCUT2D eigenvalue weighted by Gasteiger charge is 2.21. The molecule has 3 rings (SSSR count). The lowest BCUT2D eigenvalue weighted by atomic mass is 10.1. The number of nitrogens with one attached hydrogen (secondary N) is 1. The minimum absolute atomic E-state index is 0.0931. The molecule has 0 atom stereocenters. The minimum Gasteiger partial charge on any atom is -0.363 e. The maximum Gasteiger partial charge on any atom is 0.228 e. The van der Waals surface area contributed by atoms with E-state index in [1.54, 1.807) is 11.1 Å². The molecule has 0 radical (unpaired) electrons. The van der Waals surface area contributed by atoms with Crippen LogP contribution in [-0.4, -0.2) is 37.4 Å². The van der Waals surface area contributed by atoms with Crippen LogP contribution in [0.4, 0.5) is 17.2 Å². The topological polar surface area (TPSA) is 65.5 Å². The van der Waals surface area contributed by atoms with E-state index in [1.807, 2.05) is 55.4 Å². The fourth-order valence-corrected chi connectivity index (χ4v) is 2.83. The Hall–Kier alpha value is -2.89. The van der Waals surface area contributed by atoms with Gasteiger partial charge in [-0.25, -0.2) is 4.98 Å². The Kier molecular flexibility index (Phi) is 4.97. The number of rotatable bonds is 5. The summed E-state index contributed by atoms with van der Waals surface area (Å²) < 4.78 is 0. The number of pyridine rings is 1. The van der Waals surface area contributed by atoms with E-state index in [2.05, 4.69) is 10.3 Å². The van der Waals surface area contributed by atoms with Crippen molar-refractivity contribution in [2.75, 3.05) is 35.8 Å². The maximum atomic E-state index is 12.2. The summed E-state index contributed by atoms with van der Waals surface area (Å²) in [5.74, 6) is 0.911. The molecular formula is C19H22N4O2. The van der Waals surface area contributed by atoms with Crippen LogP contribution in [0.2, 0.25) is 0 Å². The summed E-state index contributed by atoms with van der Waals surface area (Å²) in [6, 6.07) is 11.3. The van der Waals surface area contributed by atoms with E-state index in [9.17, 15) is 9.59 Å². The smallest absolute Gasteiger partial charge is 0.228 e. The van der Waals surface area contributed by atoms with Crippen LogP contribution in [-0.2, 0) is 16.0 Å². The van der Waals surface area contributed by atoms with Gasteiger partial charge in [0, 0.05) is 32.7 Å². The molecule has 0 saturated carbocycles. The van der Waals surface area contributed by atoms with Crippen molar-refractivity contribution in [3.63, 3.8) is 0 Å². The first-order valence-corrected chi connectivity index (χ1v) is 8.35. The van der Waals surface area contributed by atoms with Crippen molar-refractivity contribution in [2.24, 2.45) is 0 Å². The Balaban J connectivity index is 1.58. The van der Waals surface area contributed by atoms with Gasteiger partial charge in [-0.3, -0.25) is 9.59 Å². The zero-order valence-corrected chi connectivity index (χ0v) is 14.5. The van der Waals surface area contributed by atoms with Gasteiger partial charge in [0.2, 0.25) is 11.8 Å². The Labute approximate surface area is 147 Å². The van der Waals surface area contributed by atoms with Gasteiger partial charge < -0.3 is 15.1 Å². The van der Waals surface area contributed by atoms with E-state index >= 15 is 0 Å². The lowest BCUT2D eigenvalue weighted by Gasteiger charge is -2.16. The second-order valence-corrected chi connectivity index (χ2v) is 6.34. The number of benzene rings is 1. The molecule has 0 bridgehead atoms. The normalized spacial score (nSPS) is 13.8. The highest BCUT2D eigenvalue weighted by atomic mass is 16.2. The van der Waals surface area contributed by atoms with Crippen molar-refractivity contribution in [1.82, 2.24) is 4.98 Å². The van der Waals surface area contributed by atoms with Crippen molar-refractivity contribution in [3.05, 3.63) is 48.2 Å². The Morgan fingerprint density at radius 3 is 2.52 bits per heavy atom. The van der Waals surface area contributed by atoms with Crippen LogP contribution in [0.25, 0.3) is 0 Å². The van der Waals surface area contributed by atoms with E-state index < -0.39 is 0 Å². The van der Waals surface area contributed by atoms with Crippen molar-refractivity contribution < 1.29 is 9.59 Å². The summed E-state index contributed by atoms with van der Waals surface area (Å²) in [5.41, 5.74) is 2.48. The van der Waals surface area contributed by atoms with Crippen LogP contribution in [0.5, 0.6) is 0 Å². The lowest BCUT2D eigenvalue weighted by Crippen LogP contribution is -2.23. The number of aromatic nitrogens is 1. The molecular weight excluding hydrogens is 316 g/mol. The fourth-order valence-electron chi connectivity index (χ4n) is 2.83. The minimum atomic E-state index is -0.0931. The van der Waals surface area contributed by atoms with Crippen LogP contribution in [0.3, 0.4) is 0 Å². The highest BCUT2D eigenvalue weighted by molar-refractivity contribution is 5.95. The Morgan fingerprint density at radius 2 is 1.96 bits per heavy atom. The summed E-state index contributed by atoms with van der Waals surface area (Å²) in [5, 5.41) is 2.85. The van der Waals surface area contributed by atoms with Crippen molar-refractivity contribution in [3.8, 4) is 0 Å². The summed E-state index contributed by atoms with van der Waals surface area (Å²) in [6.07, 6.45) is 3.45. The molecule has 1 fully saturated rings. The lowest BCUT2D eigenvalue weighted by molar-refractivity contribution is -0.117. The van der Waals surface area contributed by atoms with Gasteiger partial charge in [-0.2, -0.15) is 0 Å². The standard InChI is InChI=1S/C19H22N4O2/c1-22(2)17-10-7-15(13-20-17)21-18(24)12-14-5-8-16(9-6-14)23-11-3-4-19(23)25/h5-10,13H,3-4,11-12H2,1-2H3,(H,21,24). The molecule has 1 aliphatic rings. The third-order valence-electron chi connectivity index (χ3n) is 4.18. The summed E-state index contributed by atoms with van der Waals surface area (Å²) >= 11 is 0. The second kappa shape index (κ2) is 7.34. The third-order valence-corrected chi connectivity index (χ3v) is 4.18. The zero-order chi connectivity index (χ0) is 17.8. The molecule has 1 aliphatic heterocycles. The van der Waals surface area contributed by atoms with Crippen LogP contribution < -0.4 is 15.1 Å². The first kappa shape index (κ1) is 17.0. The number of hydrogen-bond acceptors (Lipinski definition) is 4. The Morgan fingerprint density at radius 1 is 1.20 bits per heavy atom. The molecule has 1 saturated heterocycles. The molecule has 0 spiro atoms. The molecule has 6 nitrogen and oxygen atoms in total. The van der Waals surface area contributed by atoms with Crippen molar-refractivity contribution in [2.45, 2.75) is 19.3 Å². The average Bonchev–Trinajstić information content (AvgIpc) is 3.02. The zero-order valence-electron chi connectivity index (χ0n) is 14.5. The fraction of sp³-hybridized carbons (Fsp3) is 0.316. The van der Waals surface area contributed by atoms with Crippen LogP contribution >= 0.6 is 0 Å². The third kappa shape index (κ3) is 4.15. The molecule has 0 aliphatic carbocycles. The quantitative estimate of drug-likeness (QED) is 0.909. The number of nitrogens with zero attached hydrogens (tertiary/aromatic N) is 3. The van der Waals surface area contributed by atoms with E-state index in [0.29, 0.717) is 12.1 Å². The molecule has 2 amide bonds. The number of hydrogen-bond donors (Lipinski definition) is 1. The van der Waals surface area contributed by atoms with Crippen molar-refractivity contribution in [1.29, 1.82) is 0 Å². The summed E-state index contributed by atoms with van der Waals surface area (Å²) in [6.45, 7) is 0.772. The van der Waals surface area contributed by atoms with Gasteiger partial charge >= 0.3 is 0 Å². The largest absolute Gasteiger partial charge is 0.363 e. The molecule has 6 heteroatoms. The molecule has 25 heavy (non-hydrogen) atoms. The Bertz CT molecular complexity index is 754. The predicted octanol–water partition coefficient (Wildman–Crippen LogP) is 2.46. The highest BCUT2D eigenvalue weighted by Crippen LogP contribution is 2.22. The molecule has 2 aromatic rings. The number of carbonyl (C=O) groups excluding carboxylic acids is 2. The molecule has 1 aromatic heterocycles. The molecule has 0 unspecified atom stereocenters.